The molecule has 4 heteroatoms. The third-order valence-corrected chi connectivity index (χ3v) is 2.41. The number of rotatable bonds is 8. The first-order valence-electron chi connectivity index (χ1n) is 5.68. The summed E-state index contributed by atoms with van der Waals surface area (Å²) in [6, 6.07) is 0. The van der Waals surface area contributed by atoms with Gasteiger partial charge < -0.3 is 19.5 Å². The van der Waals surface area contributed by atoms with Crippen LogP contribution >= 0.6 is 0 Å². The molecule has 1 N–H and O–H groups in total. The molecule has 0 aromatic rings. The van der Waals surface area contributed by atoms with E-state index in [4.69, 9.17) is 0 Å². The Hall–Kier alpha value is -0.870. The van der Waals surface area contributed by atoms with Crippen LogP contribution in [0.3, 0.4) is 0 Å². The van der Waals surface area contributed by atoms with Gasteiger partial charge in [0.05, 0.1) is 20.1 Å². The minimum absolute atomic E-state index is 0.0636. The van der Waals surface area contributed by atoms with Crippen LogP contribution in [0.25, 0.3) is 0 Å². The SMILES string of the molecule is C/C=C/CCCC(O)C[N+](C)(C)CC(=O)[O-]. The third-order valence-electron chi connectivity index (χ3n) is 2.41. The molecule has 4 nitrogen and oxygen atoms in total. The molecule has 0 aliphatic rings. The number of carboxylic acid groups (broad SMARTS) is 1. The molecule has 0 aromatic heterocycles. The molecular weight excluding hydrogens is 206 g/mol. The molecule has 94 valence electrons. The highest BCUT2D eigenvalue weighted by Gasteiger charge is 2.20. The van der Waals surface area contributed by atoms with Gasteiger partial charge in [0, 0.05) is 0 Å². The van der Waals surface area contributed by atoms with Crippen molar-refractivity contribution in [1.29, 1.82) is 0 Å². The number of hydrogen-bond acceptors (Lipinski definition) is 3. The van der Waals surface area contributed by atoms with Gasteiger partial charge >= 0.3 is 0 Å². The van der Waals surface area contributed by atoms with Gasteiger partial charge in [-0.25, -0.2) is 0 Å². The fraction of sp³-hybridized carbons (Fsp3) is 0.750. The molecule has 0 spiro atoms. The second-order valence-electron chi connectivity index (χ2n) is 4.80. The van der Waals surface area contributed by atoms with Crippen molar-refractivity contribution >= 4 is 5.97 Å². The Morgan fingerprint density at radius 2 is 2.12 bits per heavy atom. The maximum atomic E-state index is 10.5. The molecule has 0 saturated carbocycles. The zero-order valence-electron chi connectivity index (χ0n) is 10.5. The van der Waals surface area contributed by atoms with Crippen LogP contribution in [-0.2, 0) is 4.79 Å². The molecule has 0 aliphatic carbocycles. The number of aliphatic carboxylic acids is 1. The summed E-state index contributed by atoms with van der Waals surface area (Å²) in [5.41, 5.74) is 0. The molecule has 1 atom stereocenters. The van der Waals surface area contributed by atoms with Gasteiger partial charge in [-0.05, 0) is 26.2 Å². The average Bonchev–Trinajstić information content (AvgIpc) is 2.09. The molecule has 0 heterocycles. The lowest BCUT2D eigenvalue weighted by molar-refractivity contribution is -0.887. The number of carboxylic acids is 1. The van der Waals surface area contributed by atoms with Crippen molar-refractivity contribution in [2.75, 3.05) is 27.2 Å². The predicted octanol–water partition coefficient (Wildman–Crippen LogP) is -0.0800. The van der Waals surface area contributed by atoms with E-state index in [0.29, 0.717) is 13.0 Å². The Labute approximate surface area is 97.8 Å². The van der Waals surface area contributed by atoms with Crippen LogP contribution in [0.4, 0.5) is 0 Å². The van der Waals surface area contributed by atoms with Crippen LogP contribution < -0.4 is 5.11 Å². The summed E-state index contributed by atoms with van der Waals surface area (Å²) in [4.78, 5) is 10.5. The van der Waals surface area contributed by atoms with E-state index in [1.54, 1.807) is 14.1 Å². The monoisotopic (exact) mass is 229 g/mol. The number of unbranched alkanes of at least 4 members (excludes halogenated alkanes) is 1. The Morgan fingerprint density at radius 3 is 2.62 bits per heavy atom. The summed E-state index contributed by atoms with van der Waals surface area (Å²) in [7, 11) is 3.57. The quantitative estimate of drug-likeness (QED) is 0.360. The lowest BCUT2D eigenvalue weighted by Gasteiger charge is -2.32. The lowest BCUT2D eigenvalue weighted by Crippen LogP contribution is -2.51. The number of hydrogen-bond donors (Lipinski definition) is 1. The van der Waals surface area contributed by atoms with Crippen molar-refractivity contribution in [3.8, 4) is 0 Å². The van der Waals surface area contributed by atoms with Crippen molar-refractivity contribution in [2.24, 2.45) is 0 Å². The number of aliphatic hydroxyl groups is 1. The van der Waals surface area contributed by atoms with Crippen LogP contribution in [-0.4, -0.2) is 48.8 Å². The molecule has 0 rings (SSSR count). The highest BCUT2D eigenvalue weighted by Crippen LogP contribution is 2.06. The van der Waals surface area contributed by atoms with Gasteiger partial charge in [0.15, 0.2) is 0 Å². The Bertz CT molecular complexity index is 236. The highest BCUT2D eigenvalue weighted by atomic mass is 16.4. The summed E-state index contributed by atoms with van der Waals surface area (Å²) in [6.45, 7) is 2.35. The van der Waals surface area contributed by atoms with E-state index in [1.165, 1.54) is 0 Å². The largest absolute Gasteiger partial charge is 0.544 e. The Kier molecular flexibility index (Phi) is 7.01. The minimum atomic E-state index is -1.08. The van der Waals surface area contributed by atoms with Gasteiger partial charge in [-0.15, -0.1) is 0 Å². The van der Waals surface area contributed by atoms with Gasteiger partial charge in [-0.1, -0.05) is 12.2 Å². The second-order valence-corrected chi connectivity index (χ2v) is 4.80. The maximum Gasteiger partial charge on any atom is 0.119 e. The van der Waals surface area contributed by atoms with Crippen molar-refractivity contribution in [3.63, 3.8) is 0 Å². The number of carbonyl (C=O) groups is 1. The van der Waals surface area contributed by atoms with Crippen LogP contribution in [0.15, 0.2) is 12.2 Å². The Morgan fingerprint density at radius 1 is 1.50 bits per heavy atom. The van der Waals surface area contributed by atoms with E-state index >= 15 is 0 Å². The average molecular weight is 229 g/mol. The number of aliphatic hydroxyl groups excluding tert-OH is 1. The third kappa shape index (κ3) is 8.44. The van der Waals surface area contributed by atoms with Crippen LogP contribution in [0.2, 0.25) is 0 Å². The van der Waals surface area contributed by atoms with Crippen molar-refractivity contribution in [3.05, 3.63) is 12.2 Å². The summed E-state index contributed by atoms with van der Waals surface area (Å²) in [6.07, 6.45) is 6.20. The topological polar surface area (TPSA) is 60.4 Å². The first-order valence-corrected chi connectivity index (χ1v) is 5.68. The maximum absolute atomic E-state index is 10.5. The fourth-order valence-electron chi connectivity index (χ4n) is 1.71. The van der Waals surface area contributed by atoms with E-state index in [9.17, 15) is 15.0 Å². The molecule has 0 bridgehead atoms. The molecule has 0 fully saturated rings. The summed E-state index contributed by atoms with van der Waals surface area (Å²) < 4.78 is 0.257. The van der Waals surface area contributed by atoms with Crippen molar-refractivity contribution < 1.29 is 19.5 Å². The van der Waals surface area contributed by atoms with E-state index in [2.05, 4.69) is 6.08 Å². The zero-order valence-corrected chi connectivity index (χ0v) is 10.5. The van der Waals surface area contributed by atoms with E-state index in [0.717, 1.165) is 12.8 Å². The fourth-order valence-corrected chi connectivity index (χ4v) is 1.71. The number of quaternary nitrogens is 1. The molecular formula is C12H23NO3. The minimum Gasteiger partial charge on any atom is -0.544 e. The molecule has 16 heavy (non-hydrogen) atoms. The van der Waals surface area contributed by atoms with Crippen LogP contribution in [0.5, 0.6) is 0 Å². The Balaban J connectivity index is 3.84. The first kappa shape index (κ1) is 15.1. The summed E-state index contributed by atoms with van der Waals surface area (Å²) in [5, 5.41) is 20.2. The standard InChI is InChI=1S/C12H23NO3/c1-4-5-6-7-8-11(14)9-13(2,3)10-12(15)16/h4-5,11,14H,6-10H2,1-3H3/b5-4+. The highest BCUT2D eigenvalue weighted by molar-refractivity contribution is 5.65. The van der Waals surface area contributed by atoms with Crippen LogP contribution in [0, 0.1) is 0 Å². The number of carbonyl (C=O) groups excluding carboxylic acids is 1. The lowest BCUT2D eigenvalue weighted by atomic mass is 10.1. The zero-order chi connectivity index (χ0) is 12.6. The number of likely N-dealkylation sites (N-methyl/N-ethyl adjacent to an activating group) is 1. The van der Waals surface area contributed by atoms with Gasteiger partial charge in [0.2, 0.25) is 0 Å². The predicted molar refractivity (Wildman–Crippen MR) is 61.5 cm³/mol. The number of nitrogens with zero attached hydrogens (tertiary/aromatic N) is 1. The normalized spacial score (nSPS) is 14.2. The molecule has 1 unspecified atom stereocenters. The number of allylic oxidation sites excluding steroid dienone is 2. The molecule has 0 radical (unpaired) electrons. The first-order chi connectivity index (χ1) is 7.37. The van der Waals surface area contributed by atoms with Gasteiger partial charge in [0.25, 0.3) is 0 Å². The summed E-state index contributed by atoms with van der Waals surface area (Å²) in [5.74, 6) is -1.08. The van der Waals surface area contributed by atoms with Gasteiger partial charge in [-0.3, -0.25) is 0 Å². The van der Waals surface area contributed by atoms with Crippen molar-refractivity contribution in [1.82, 2.24) is 0 Å². The van der Waals surface area contributed by atoms with E-state index < -0.39 is 12.1 Å². The molecule has 0 aromatic carbocycles. The molecule has 0 saturated heterocycles. The van der Waals surface area contributed by atoms with E-state index in [1.807, 2.05) is 13.0 Å². The molecule has 0 aliphatic heterocycles. The molecule has 0 amide bonds. The van der Waals surface area contributed by atoms with Gasteiger partial charge in [-0.2, -0.15) is 0 Å². The van der Waals surface area contributed by atoms with Crippen LogP contribution in [0.1, 0.15) is 26.2 Å². The smallest absolute Gasteiger partial charge is 0.119 e. The second kappa shape index (κ2) is 7.41. The van der Waals surface area contributed by atoms with E-state index in [-0.39, 0.29) is 11.0 Å². The van der Waals surface area contributed by atoms with Crippen molar-refractivity contribution in [2.45, 2.75) is 32.3 Å². The summed E-state index contributed by atoms with van der Waals surface area (Å²) >= 11 is 0. The van der Waals surface area contributed by atoms with Gasteiger partial charge in [0.1, 0.15) is 19.2 Å².